The van der Waals surface area contributed by atoms with Crippen LogP contribution in [0.5, 0.6) is 0 Å². The molecular formula is C24H39NO. The van der Waals surface area contributed by atoms with Gasteiger partial charge in [0.25, 0.3) is 0 Å². The number of allylic oxidation sites excluding steroid dienone is 2. The van der Waals surface area contributed by atoms with E-state index in [2.05, 4.69) is 46.6 Å². The van der Waals surface area contributed by atoms with Crippen molar-refractivity contribution in [2.24, 2.45) is 34.5 Å². The van der Waals surface area contributed by atoms with E-state index in [-0.39, 0.29) is 0 Å². The van der Waals surface area contributed by atoms with Crippen molar-refractivity contribution in [3.63, 3.8) is 0 Å². The number of hydrogen-bond donors (Lipinski definition) is 0. The van der Waals surface area contributed by atoms with E-state index < -0.39 is 0 Å². The average Bonchev–Trinajstić information content (AvgIpc) is 2.97. The molecule has 0 N–H and O–H groups in total. The minimum absolute atomic E-state index is 0.341. The molecule has 0 bridgehead atoms. The Balaban J connectivity index is 1.71. The Kier molecular flexibility index (Phi) is 4.36. The Morgan fingerprint density at radius 2 is 1.88 bits per heavy atom. The molecule has 2 nitrogen and oxygen atoms in total. The highest BCUT2D eigenvalue weighted by Crippen LogP contribution is 2.67. The number of nitrogens with zero attached hydrogens (tertiary/aromatic N) is 1. The highest BCUT2D eigenvalue weighted by atomic mass is 16.2. The second-order valence-electron chi connectivity index (χ2n) is 10.6. The fourth-order valence-electron chi connectivity index (χ4n) is 8.19. The second-order valence-corrected chi connectivity index (χ2v) is 10.6. The molecule has 4 rings (SSSR count). The molecule has 146 valence electrons. The summed E-state index contributed by atoms with van der Waals surface area (Å²) < 4.78 is 0. The van der Waals surface area contributed by atoms with E-state index >= 15 is 0 Å². The van der Waals surface area contributed by atoms with Gasteiger partial charge >= 0.3 is 0 Å². The van der Waals surface area contributed by atoms with Gasteiger partial charge in [0.1, 0.15) is 0 Å². The number of likely N-dealkylation sites (tertiary alicyclic amines) is 1. The zero-order chi connectivity index (χ0) is 18.9. The van der Waals surface area contributed by atoms with Crippen LogP contribution in [0, 0.1) is 34.5 Å². The van der Waals surface area contributed by atoms with Gasteiger partial charge in [-0.15, -0.1) is 0 Å². The molecule has 0 aromatic heterocycles. The lowest BCUT2D eigenvalue weighted by Crippen LogP contribution is -2.63. The quantitative estimate of drug-likeness (QED) is 0.541. The summed E-state index contributed by atoms with van der Waals surface area (Å²) >= 11 is 0. The van der Waals surface area contributed by atoms with Crippen LogP contribution in [0.4, 0.5) is 0 Å². The van der Waals surface area contributed by atoms with E-state index in [0.29, 0.717) is 22.8 Å². The maximum Gasteiger partial charge on any atom is 0.222 e. The lowest BCUT2D eigenvalue weighted by atomic mass is 9.45. The molecule has 26 heavy (non-hydrogen) atoms. The fourth-order valence-corrected chi connectivity index (χ4v) is 8.19. The topological polar surface area (TPSA) is 20.3 Å². The summed E-state index contributed by atoms with van der Waals surface area (Å²) in [6, 6.07) is 0.471. The Bertz CT molecular complexity index is 636. The smallest absolute Gasteiger partial charge is 0.222 e. The van der Waals surface area contributed by atoms with Crippen molar-refractivity contribution in [3.05, 3.63) is 11.1 Å². The zero-order valence-electron chi connectivity index (χ0n) is 17.9. The van der Waals surface area contributed by atoms with Gasteiger partial charge in [0.15, 0.2) is 0 Å². The lowest BCUT2D eigenvalue weighted by Gasteiger charge is -2.63. The van der Waals surface area contributed by atoms with E-state index in [0.717, 1.165) is 36.5 Å². The van der Waals surface area contributed by atoms with E-state index in [4.69, 9.17) is 0 Å². The van der Waals surface area contributed by atoms with Crippen LogP contribution in [0.3, 0.4) is 0 Å². The predicted molar refractivity (Wildman–Crippen MR) is 108 cm³/mol. The van der Waals surface area contributed by atoms with Crippen LogP contribution in [-0.4, -0.2) is 23.9 Å². The Hall–Kier alpha value is -0.790. The van der Waals surface area contributed by atoms with Crippen LogP contribution >= 0.6 is 0 Å². The van der Waals surface area contributed by atoms with Crippen LogP contribution in [-0.2, 0) is 4.79 Å². The fraction of sp³-hybridized carbons (Fsp3) is 0.875. The molecule has 1 aliphatic heterocycles. The molecule has 0 unspecified atom stereocenters. The van der Waals surface area contributed by atoms with E-state index in [1.807, 2.05) is 5.57 Å². The number of amides is 1. The summed E-state index contributed by atoms with van der Waals surface area (Å²) in [6.07, 6.45) is 9.82. The summed E-state index contributed by atoms with van der Waals surface area (Å²) in [5, 5.41) is 0. The third-order valence-corrected chi connectivity index (χ3v) is 9.76. The van der Waals surface area contributed by atoms with Gasteiger partial charge in [-0.1, -0.05) is 38.8 Å². The molecule has 2 heteroatoms. The number of piperidine rings is 1. The number of fused-ring (bicyclic) bond motifs is 5. The largest absolute Gasteiger partial charge is 0.342 e. The Labute approximate surface area is 160 Å². The molecule has 4 fully saturated rings. The lowest BCUT2D eigenvalue weighted by molar-refractivity contribution is -0.163. The third-order valence-electron chi connectivity index (χ3n) is 9.76. The SMILES string of the molecule is CCC(C)=C1CC[C@H]2[C@@H]3[C@@H](C)C[C@@H]4N(C)C(=O)CC[C@]4(C)[C@H]3CC[C@]12C. The van der Waals surface area contributed by atoms with Crippen LogP contribution in [0.1, 0.15) is 86.0 Å². The summed E-state index contributed by atoms with van der Waals surface area (Å²) in [4.78, 5) is 14.5. The summed E-state index contributed by atoms with van der Waals surface area (Å²) in [5.74, 6) is 3.67. The first kappa shape index (κ1) is 18.6. The van der Waals surface area contributed by atoms with E-state index in [1.54, 1.807) is 5.57 Å². The van der Waals surface area contributed by atoms with Gasteiger partial charge in [0.05, 0.1) is 0 Å². The van der Waals surface area contributed by atoms with Crippen molar-refractivity contribution in [2.45, 2.75) is 92.0 Å². The number of rotatable bonds is 1. The molecule has 4 aliphatic rings. The zero-order valence-corrected chi connectivity index (χ0v) is 17.9. The minimum atomic E-state index is 0.341. The normalized spacial score (nSPS) is 50.2. The standard InChI is InChI=1S/C24H39NO/c1-7-15(2)17-8-9-18-22-16(3)14-20-24(5,13-11-21(26)25(20)6)19(22)10-12-23(17,18)4/h16,18-20,22H,7-14H2,1-6H3/t16-,18-,19-,20-,22-,23+,24+/m0/s1. The van der Waals surface area contributed by atoms with Crippen LogP contribution < -0.4 is 0 Å². The summed E-state index contributed by atoms with van der Waals surface area (Å²) in [6.45, 7) is 12.4. The monoisotopic (exact) mass is 357 g/mol. The molecule has 0 aromatic rings. The van der Waals surface area contributed by atoms with Gasteiger partial charge in [0, 0.05) is 19.5 Å². The van der Waals surface area contributed by atoms with E-state index in [1.165, 1.54) is 38.5 Å². The van der Waals surface area contributed by atoms with Crippen molar-refractivity contribution in [1.82, 2.24) is 4.90 Å². The molecule has 1 amide bonds. The third kappa shape index (κ3) is 2.32. The van der Waals surface area contributed by atoms with Gasteiger partial charge < -0.3 is 4.90 Å². The first-order valence-corrected chi connectivity index (χ1v) is 11.2. The van der Waals surface area contributed by atoms with Crippen LogP contribution in [0.15, 0.2) is 11.1 Å². The van der Waals surface area contributed by atoms with Crippen molar-refractivity contribution in [1.29, 1.82) is 0 Å². The molecule has 0 aromatic carbocycles. The Morgan fingerprint density at radius 1 is 1.15 bits per heavy atom. The van der Waals surface area contributed by atoms with Crippen molar-refractivity contribution in [2.75, 3.05) is 7.05 Å². The highest BCUT2D eigenvalue weighted by Gasteiger charge is 2.61. The Morgan fingerprint density at radius 3 is 2.58 bits per heavy atom. The minimum Gasteiger partial charge on any atom is -0.342 e. The van der Waals surface area contributed by atoms with Gasteiger partial charge in [-0.05, 0) is 86.4 Å². The molecular weight excluding hydrogens is 318 g/mol. The number of carbonyl (C=O) groups is 1. The summed E-state index contributed by atoms with van der Waals surface area (Å²) in [5.41, 5.74) is 4.28. The van der Waals surface area contributed by atoms with Crippen molar-refractivity contribution in [3.8, 4) is 0 Å². The number of carbonyl (C=O) groups excluding carboxylic acids is 1. The van der Waals surface area contributed by atoms with Crippen molar-refractivity contribution < 1.29 is 4.79 Å². The molecule has 0 spiro atoms. The molecule has 7 atom stereocenters. The molecule has 0 radical (unpaired) electrons. The van der Waals surface area contributed by atoms with Gasteiger partial charge in [-0.3, -0.25) is 4.79 Å². The first-order valence-electron chi connectivity index (χ1n) is 11.2. The first-order chi connectivity index (χ1) is 12.2. The average molecular weight is 358 g/mol. The van der Waals surface area contributed by atoms with Gasteiger partial charge in [-0.25, -0.2) is 0 Å². The van der Waals surface area contributed by atoms with E-state index in [9.17, 15) is 4.79 Å². The van der Waals surface area contributed by atoms with Crippen molar-refractivity contribution >= 4 is 5.91 Å². The van der Waals surface area contributed by atoms with Crippen LogP contribution in [0.2, 0.25) is 0 Å². The number of hydrogen-bond acceptors (Lipinski definition) is 1. The maximum absolute atomic E-state index is 12.4. The van der Waals surface area contributed by atoms with Gasteiger partial charge in [-0.2, -0.15) is 0 Å². The molecule has 1 heterocycles. The molecule has 3 saturated carbocycles. The van der Waals surface area contributed by atoms with Crippen LogP contribution in [0.25, 0.3) is 0 Å². The molecule has 1 saturated heterocycles. The summed E-state index contributed by atoms with van der Waals surface area (Å²) in [7, 11) is 2.07. The van der Waals surface area contributed by atoms with Gasteiger partial charge in [0.2, 0.25) is 5.91 Å². The highest BCUT2D eigenvalue weighted by molar-refractivity contribution is 5.77. The maximum atomic E-state index is 12.4. The second kappa shape index (κ2) is 6.11. The predicted octanol–water partition coefficient (Wildman–Crippen LogP) is 5.82. The molecule has 3 aliphatic carbocycles.